The number of halogens is 2. The van der Waals surface area contributed by atoms with E-state index in [9.17, 15) is 18.8 Å². The fourth-order valence-electron chi connectivity index (χ4n) is 3.79. The molecule has 0 atom stereocenters. The maximum absolute atomic E-state index is 14.0. The zero-order valence-corrected chi connectivity index (χ0v) is 24.5. The number of aryl methyl sites for hydroxylation is 2. The summed E-state index contributed by atoms with van der Waals surface area (Å²) in [4.78, 5) is 39.3. The third-order valence-corrected chi connectivity index (χ3v) is 7.63. The van der Waals surface area contributed by atoms with E-state index < -0.39 is 17.1 Å². The first kappa shape index (κ1) is 28.6. The molecule has 1 aliphatic rings. The van der Waals surface area contributed by atoms with Gasteiger partial charge in [-0.05, 0) is 108 Å². The summed E-state index contributed by atoms with van der Waals surface area (Å²) >= 11 is 2.85. The first-order valence-electron chi connectivity index (χ1n) is 12.1. The van der Waals surface area contributed by atoms with Crippen LogP contribution in [0.1, 0.15) is 29.2 Å². The van der Waals surface area contributed by atoms with Crippen molar-refractivity contribution in [3.63, 3.8) is 0 Å². The molecule has 1 N–H and O–H groups in total. The average Bonchev–Trinajstić information content (AvgIpc) is 3.14. The van der Waals surface area contributed by atoms with Crippen LogP contribution in [0.15, 0.2) is 59.5 Å². The molecule has 0 unspecified atom stereocenters. The van der Waals surface area contributed by atoms with Crippen LogP contribution in [-0.2, 0) is 16.2 Å². The molecule has 1 heterocycles. The summed E-state index contributed by atoms with van der Waals surface area (Å²) in [7, 11) is 0. The Morgan fingerprint density at radius 2 is 1.85 bits per heavy atom. The summed E-state index contributed by atoms with van der Waals surface area (Å²) in [5.41, 5.74) is 3.74. The Kier molecular flexibility index (Phi) is 9.28. The van der Waals surface area contributed by atoms with E-state index in [0.29, 0.717) is 38.5 Å². The van der Waals surface area contributed by atoms with Crippen molar-refractivity contribution in [3.05, 3.63) is 91.1 Å². The lowest BCUT2D eigenvalue weighted by molar-refractivity contribution is -0.127. The normalized spacial score (nSPS) is 14.2. The molecular formula is C29H26FIN2O5S. The second-order valence-corrected chi connectivity index (χ2v) is 10.9. The van der Waals surface area contributed by atoms with Gasteiger partial charge in [0.1, 0.15) is 19.0 Å². The molecule has 0 bridgehead atoms. The van der Waals surface area contributed by atoms with Gasteiger partial charge < -0.3 is 14.8 Å². The van der Waals surface area contributed by atoms with Crippen LogP contribution in [0.5, 0.6) is 11.5 Å². The minimum Gasteiger partial charge on any atom is -0.490 e. The van der Waals surface area contributed by atoms with Crippen molar-refractivity contribution in [2.75, 3.05) is 18.5 Å². The molecule has 3 aromatic carbocycles. The molecule has 1 saturated heterocycles. The predicted octanol–water partition coefficient (Wildman–Crippen LogP) is 6.70. The molecule has 7 nitrogen and oxygen atoms in total. The molecule has 0 aliphatic carbocycles. The van der Waals surface area contributed by atoms with Gasteiger partial charge >= 0.3 is 0 Å². The van der Waals surface area contributed by atoms with Crippen LogP contribution in [0, 0.1) is 23.2 Å². The third kappa shape index (κ3) is 6.99. The van der Waals surface area contributed by atoms with Crippen molar-refractivity contribution in [3.8, 4) is 11.5 Å². The minimum atomic E-state index is -0.548. The Morgan fingerprint density at radius 3 is 2.56 bits per heavy atom. The first-order chi connectivity index (χ1) is 18.7. The number of nitrogens with zero attached hydrogens (tertiary/aromatic N) is 1. The van der Waals surface area contributed by atoms with Crippen molar-refractivity contribution in [1.82, 2.24) is 4.90 Å². The molecule has 3 aromatic rings. The Morgan fingerprint density at radius 1 is 1.08 bits per heavy atom. The number of thioether (sulfide) groups is 1. The van der Waals surface area contributed by atoms with Gasteiger partial charge in [0.15, 0.2) is 11.5 Å². The number of benzene rings is 3. The van der Waals surface area contributed by atoms with Crippen LogP contribution >= 0.6 is 34.4 Å². The maximum atomic E-state index is 14.0. The maximum Gasteiger partial charge on any atom is 0.294 e. The zero-order valence-electron chi connectivity index (χ0n) is 21.5. The number of amides is 3. The largest absolute Gasteiger partial charge is 0.490 e. The first-order valence-corrected chi connectivity index (χ1v) is 14.0. The molecule has 202 valence electrons. The molecule has 1 aliphatic heterocycles. The van der Waals surface area contributed by atoms with Crippen LogP contribution in [0.25, 0.3) is 6.08 Å². The SMILES string of the molecule is CCOc1cc(/C=C2/SC(=O)N(CC(=O)Nc3ccc(C)c(C)c3)C2=O)cc(I)c1OCc1ccccc1F. The molecule has 1 fully saturated rings. The number of hydrogen-bond donors (Lipinski definition) is 1. The highest BCUT2D eigenvalue weighted by Crippen LogP contribution is 2.38. The van der Waals surface area contributed by atoms with Gasteiger partial charge in [-0.15, -0.1) is 0 Å². The molecule has 39 heavy (non-hydrogen) atoms. The molecular weight excluding hydrogens is 634 g/mol. The van der Waals surface area contributed by atoms with E-state index in [1.807, 2.05) is 32.9 Å². The Hall–Kier alpha value is -3.38. The zero-order chi connectivity index (χ0) is 28.1. The van der Waals surface area contributed by atoms with Crippen molar-refractivity contribution < 1.29 is 28.2 Å². The average molecular weight is 661 g/mol. The second-order valence-electron chi connectivity index (χ2n) is 8.76. The highest BCUT2D eigenvalue weighted by molar-refractivity contribution is 14.1. The minimum absolute atomic E-state index is 0.0191. The van der Waals surface area contributed by atoms with Gasteiger partial charge in [0, 0.05) is 11.3 Å². The fraction of sp³-hybridized carbons (Fsp3) is 0.207. The molecule has 0 radical (unpaired) electrons. The summed E-state index contributed by atoms with van der Waals surface area (Å²) in [5.74, 6) is -0.493. The lowest BCUT2D eigenvalue weighted by atomic mass is 10.1. The number of rotatable bonds is 9. The number of imide groups is 1. The number of nitrogens with one attached hydrogen (secondary N) is 1. The topological polar surface area (TPSA) is 84.9 Å². The number of carbonyl (C=O) groups is 3. The summed E-state index contributed by atoms with van der Waals surface area (Å²) in [6.07, 6.45) is 1.58. The molecule has 3 amide bonds. The standard InChI is InChI=1S/C29H26FIN2O5S/c1-4-37-24-13-19(12-23(31)27(24)38-16-20-7-5-6-8-22(20)30)14-25-28(35)33(29(36)39-25)15-26(34)32-21-10-9-17(2)18(3)11-21/h5-14H,4,15-16H2,1-3H3,(H,32,34)/b25-14+. The van der Waals surface area contributed by atoms with Gasteiger partial charge in [-0.3, -0.25) is 19.3 Å². The number of carbonyl (C=O) groups excluding carboxylic acids is 3. The van der Waals surface area contributed by atoms with E-state index >= 15 is 0 Å². The molecule has 10 heteroatoms. The molecule has 0 aromatic heterocycles. The predicted molar refractivity (Wildman–Crippen MR) is 158 cm³/mol. The monoisotopic (exact) mass is 660 g/mol. The number of hydrogen-bond acceptors (Lipinski definition) is 6. The number of anilines is 1. The van der Waals surface area contributed by atoms with Crippen LogP contribution in [0.4, 0.5) is 14.9 Å². The Bertz CT molecular complexity index is 1480. The van der Waals surface area contributed by atoms with E-state index in [1.165, 1.54) is 6.07 Å². The van der Waals surface area contributed by atoms with Crippen molar-refractivity contribution in [2.45, 2.75) is 27.4 Å². The third-order valence-electron chi connectivity index (χ3n) is 5.93. The number of ether oxygens (including phenoxy) is 2. The fourth-order valence-corrected chi connectivity index (χ4v) is 5.41. The van der Waals surface area contributed by atoms with Crippen LogP contribution < -0.4 is 14.8 Å². The smallest absolute Gasteiger partial charge is 0.294 e. The Labute approximate surface area is 243 Å². The van der Waals surface area contributed by atoms with Crippen LogP contribution in [-0.4, -0.2) is 35.1 Å². The van der Waals surface area contributed by atoms with Crippen molar-refractivity contribution in [2.24, 2.45) is 0 Å². The lowest BCUT2D eigenvalue weighted by Gasteiger charge is -2.15. The summed E-state index contributed by atoms with van der Waals surface area (Å²) < 4.78 is 26.4. The quantitative estimate of drug-likeness (QED) is 0.203. The van der Waals surface area contributed by atoms with Gasteiger partial charge in [0.25, 0.3) is 11.1 Å². The summed E-state index contributed by atoms with van der Waals surface area (Å²) in [5, 5.41) is 2.21. The molecule has 0 spiro atoms. The van der Waals surface area contributed by atoms with Gasteiger partial charge in [-0.2, -0.15) is 0 Å². The van der Waals surface area contributed by atoms with Gasteiger partial charge in [-0.25, -0.2) is 4.39 Å². The second kappa shape index (κ2) is 12.6. The molecule has 0 saturated carbocycles. The molecule has 4 rings (SSSR count). The van der Waals surface area contributed by atoms with Crippen molar-refractivity contribution in [1.29, 1.82) is 0 Å². The van der Waals surface area contributed by atoms with E-state index in [1.54, 1.807) is 42.5 Å². The summed E-state index contributed by atoms with van der Waals surface area (Å²) in [6, 6.07) is 15.3. The Balaban J connectivity index is 1.49. The van der Waals surface area contributed by atoms with E-state index in [4.69, 9.17) is 9.47 Å². The lowest BCUT2D eigenvalue weighted by Crippen LogP contribution is -2.36. The van der Waals surface area contributed by atoms with Crippen LogP contribution in [0.3, 0.4) is 0 Å². The van der Waals surface area contributed by atoms with Crippen molar-refractivity contribution >= 4 is 63.2 Å². The summed E-state index contributed by atoms with van der Waals surface area (Å²) in [6.45, 7) is 5.73. The van der Waals surface area contributed by atoms with Gasteiger partial charge in [0.2, 0.25) is 5.91 Å². The highest BCUT2D eigenvalue weighted by atomic mass is 127. The van der Waals surface area contributed by atoms with E-state index in [0.717, 1.165) is 27.8 Å². The highest BCUT2D eigenvalue weighted by Gasteiger charge is 2.36. The van der Waals surface area contributed by atoms with E-state index in [-0.39, 0.29) is 23.9 Å². The van der Waals surface area contributed by atoms with Crippen LogP contribution in [0.2, 0.25) is 0 Å². The van der Waals surface area contributed by atoms with Gasteiger partial charge in [-0.1, -0.05) is 24.3 Å². The van der Waals surface area contributed by atoms with Gasteiger partial charge in [0.05, 0.1) is 15.1 Å². The van der Waals surface area contributed by atoms with E-state index in [2.05, 4.69) is 27.9 Å².